The van der Waals surface area contributed by atoms with Crippen molar-refractivity contribution in [1.82, 2.24) is 9.97 Å². The molecule has 3 heterocycles. The highest BCUT2D eigenvalue weighted by Gasteiger charge is 2.16. The summed E-state index contributed by atoms with van der Waals surface area (Å²) in [5.41, 5.74) is 7.97. The molecule has 0 spiro atoms. The Balaban J connectivity index is 1.39. The first-order chi connectivity index (χ1) is 15.1. The van der Waals surface area contributed by atoms with E-state index in [1.54, 1.807) is 24.4 Å². The molecule has 0 aliphatic carbocycles. The van der Waals surface area contributed by atoms with Gasteiger partial charge in [0, 0.05) is 30.1 Å². The first-order valence-corrected chi connectivity index (χ1v) is 10.3. The van der Waals surface area contributed by atoms with Gasteiger partial charge in [-0.05, 0) is 49.2 Å². The maximum absolute atomic E-state index is 11.5. The fraction of sp³-hybridized carbons (Fsp3) is 0.261. The Kier molecular flexibility index (Phi) is 6.64. The van der Waals surface area contributed by atoms with E-state index in [9.17, 15) is 4.79 Å². The van der Waals surface area contributed by atoms with E-state index >= 15 is 0 Å². The molecule has 1 atom stereocenters. The Morgan fingerprint density at radius 2 is 2.10 bits per heavy atom. The van der Waals surface area contributed by atoms with Gasteiger partial charge in [0.05, 0.1) is 16.8 Å². The Morgan fingerprint density at radius 1 is 1.19 bits per heavy atom. The van der Waals surface area contributed by atoms with E-state index in [1.807, 2.05) is 24.3 Å². The summed E-state index contributed by atoms with van der Waals surface area (Å²) < 4.78 is 17.0. The molecule has 1 unspecified atom stereocenters. The number of pyridine rings is 2. The summed E-state index contributed by atoms with van der Waals surface area (Å²) in [5.74, 6) is 0.301. The number of ether oxygens (including phenoxy) is 3. The van der Waals surface area contributed by atoms with Gasteiger partial charge >= 0.3 is 0 Å². The van der Waals surface area contributed by atoms with Crippen LogP contribution in [0.25, 0.3) is 11.1 Å². The van der Waals surface area contributed by atoms with Crippen LogP contribution in [0, 0.1) is 0 Å². The number of benzene rings is 1. The molecule has 1 saturated heterocycles. The second-order valence-electron chi connectivity index (χ2n) is 7.13. The minimum absolute atomic E-state index is 0.154. The molecular weight excluding hydrogens is 418 g/mol. The number of nitrogens with two attached hydrogens (primary N) is 1. The van der Waals surface area contributed by atoms with Crippen LogP contribution in [0.2, 0.25) is 5.02 Å². The van der Waals surface area contributed by atoms with Crippen molar-refractivity contribution < 1.29 is 19.0 Å². The molecule has 1 aromatic carbocycles. The second-order valence-corrected chi connectivity index (χ2v) is 7.54. The molecule has 31 heavy (non-hydrogen) atoms. The van der Waals surface area contributed by atoms with E-state index in [-0.39, 0.29) is 24.2 Å². The number of halogens is 1. The van der Waals surface area contributed by atoms with Crippen molar-refractivity contribution in [3.63, 3.8) is 0 Å². The zero-order valence-corrected chi connectivity index (χ0v) is 17.5. The number of primary amides is 1. The van der Waals surface area contributed by atoms with Gasteiger partial charge in [-0.15, -0.1) is 0 Å². The molecule has 2 N–H and O–H groups in total. The zero-order chi connectivity index (χ0) is 21.6. The molecule has 1 aliphatic heterocycles. The highest BCUT2D eigenvalue weighted by Crippen LogP contribution is 2.31. The van der Waals surface area contributed by atoms with Crippen molar-refractivity contribution in [2.45, 2.75) is 25.6 Å². The Hall–Kier alpha value is -3.16. The molecule has 2 aromatic heterocycles. The number of carbonyl (C=O) groups excluding carboxylic acids is 1. The maximum atomic E-state index is 11.5. The van der Waals surface area contributed by atoms with Gasteiger partial charge in [-0.2, -0.15) is 0 Å². The molecule has 0 saturated carbocycles. The van der Waals surface area contributed by atoms with E-state index in [2.05, 4.69) is 9.97 Å². The molecular formula is C23H22ClN3O4. The summed E-state index contributed by atoms with van der Waals surface area (Å²) in [6, 6.07) is 12.5. The van der Waals surface area contributed by atoms with E-state index in [1.165, 1.54) is 6.20 Å². The lowest BCUT2D eigenvalue weighted by atomic mass is 10.1. The van der Waals surface area contributed by atoms with E-state index in [0.717, 1.165) is 30.6 Å². The first kappa shape index (κ1) is 21.1. The van der Waals surface area contributed by atoms with Crippen LogP contribution in [-0.4, -0.2) is 35.2 Å². The lowest BCUT2D eigenvalue weighted by Gasteiger charge is -2.13. The number of amides is 1. The Labute approximate surface area is 185 Å². The third kappa shape index (κ3) is 5.31. The standard InChI is InChI=1S/C23H22ClN3O4/c24-21-11-17(30-14-18-3-2-10-29-18)7-8-19(21)15-5-6-16(27-12-15)13-31-23-20(22(25)28)4-1-9-26-23/h1,4-9,11-12,18H,2-3,10,13-14H2,(H2,25,28). The molecule has 1 amide bonds. The average molecular weight is 440 g/mol. The summed E-state index contributed by atoms with van der Waals surface area (Å²) in [4.78, 5) is 19.9. The SMILES string of the molecule is NC(=O)c1cccnc1OCc1ccc(-c2ccc(OCC3CCCO3)cc2Cl)cn1. The third-order valence-electron chi connectivity index (χ3n) is 4.93. The number of hydrogen-bond donors (Lipinski definition) is 1. The lowest BCUT2D eigenvalue weighted by molar-refractivity contribution is 0.0679. The molecule has 0 bridgehead atoms. The molecule has 8 heteroatoms. The summed E-state index contributed by atoms with van der Waals surface area (Å²) in [7, 11) is 0. The minimum atomic E-state index is -0.593. The van der Waals surface area contributed by atoms with Gasteiger partial charge in [-0.1, -0.05) is 17.7 Å². The van der Waals surface area contributed by atoms with Crippen molar-refractivity contribution in [3.8, 4) is 22.8 Å². The number of nitrogens with zero attached hydrogens (tertiary/aromatic N) is 2. The predicted octanol–water partition coefficient (Wildman–Crippen LogP) is 4.03. The average Bonchev–Trinajstić information content (AvgIpc) is 3.31. The highest BCUT2D eigenvalue weighted by molar-refractivity contribution is 6.33. The molecule has 7 nitrogen and oxygen atoms in total. The summed E-state index contributed by atoms with van der Waals surface area (Å²) >= 11 is 6.47. The van der Waals surface area contributed by atoms with Gasteiger partial charge in [-0.25, -0.2) is 4.98 Å². The van der Waals surface area contributed by atoms with E-state index in [0.29, 0.717) is 23.1 Å². The van der Waals surface area contributed by atoms with Gasteiger partial charge in [0.2, 0.25) is 5.88 Å². The van der Waals surface area contributed by atoms with Crippen LogP contribution in [0.5, 0.6) is 11.6 Å². The predicted molar refractivity (Wildman–Crippen MR) is 116 cm³/mol. The number of hydrogen-bond acceptors (Lipinski definition) is 6. The minimum Gasteiger partial charge on any atom is -0.491 e. The molecule has 1 aliphatic rings. The van der Waals surface area contributed by atoms with Crippen LogP contribution in [0.15, 0.2) is 54.9 Å². The van der Waals surface area contributed by atoms with Gasteiger partial charge in [0.15, 0.2) is 0 Å². The second kappa shape index (κ2) is 9.76. The molecule has 4 rings (SSSR count). The normalized spacial score (nSPS) is 15.6. The number of rotatable bonds is 8. The van der Waals surface area contributed by atoms with Crippen LogP contribution in [-0.2, 0) is 11.3 Å². The molecule has 0 radical (unpaired) electrons. The first-order valence-electron chi connectivity index (χ1n) is 9.97. The van der Waals surface area contributed by atoms with Gasteiger partial charge in [0.25, 0.3) is 5.91 Å². The third-order valence-corrected chi connectivity index (χ3v) is 5.24. The Morgan fingerprint density at radius 3 is 2.81 bits per heavy atom. The Bertz CT molecular complexity index is 1050. The smallest absolute Gasteiger partial charge is 0.254 e. The van der Waals surface area contributed by atoms with Crippen molar-refractivity contribution >= 4 is 17.5 Å². The fourth-order valence-electron chi connectivity index (χ4n) is 3.29. The summed E-state index contributed by atoms with van der Waals surface area (Å²) in [5, 5.41) is 0.579. The van der Waals surface area contributed by atoms with Crippen LogP contribution in [0.4, 0.5) is 0 Å². The van der Waals surface area contributed by atoms with Crippen molar-refractivity contribution in [2.75, 3.05) is 13.2 Å². The van der Waals surface area contributed by atoms with E-state index in [4.69, 9.17) is 31.5 Å². The van der Waals surface area contributed by atoms with Gasteiger partial charge < -0.3 is 19.9 Å². The van der Waals surface area contributed by atoms with Crippen molar-refractivity contribution in [3.05, 3.63) is 71.1 Å². The zero-order valence-electron chi connectivity index (χ0n) is 16.8. The topological polar surface area (TPSA) is 96.6 Å². The summed E-state index contributed by atoms with van der Waals surface area (Å²) in [6.45, 7) is 1.48. The summed E-state index contributed by atoms with van der Waals surface area (Å²) in [6.07, 6.45) is 5.52. The largest absolute Gasteiger partial charge is 0.491 e. The quantitative estimate of drug-likeness (QED) is 0.569. The van der Waals surface area contributed by atoms with Crippen LogP contribution < -0.4 is 15.2 Å². The molecule has 1 fully saturated rings. The maximum Gasteiger partial charge on any atom is 0.254 e. The fourth-order valence-corrected chi connectivity index (χ4v) is 3.57. The highest BCUT2D eigenvalue weighted by atomic mass is 35.5. The van der Waals surface area contributed by atoms with Crippen LogP contribution >= 0.6 is 11.6 Å². The van der Waals surface area contributed by atoms with Crippen LogP contribution in [0.1, 0.15) is 28.9 Å². The van der Waals surface area contributed by atoms with Gasteiger partial charge in [0.1, 0.15) is 24.5 Å². The molecule has 3 aromatic rings. The van der Waals surface area contributed by atoms with Gasteiger partial charge in [-0.3, -0.25) is 9.78 Å². The number of aromatic nitrogens is 2. The van der Waals surface area contributed by atoms with E-state index < -0.39 is 5.91 Å². The van der Waals surface area contributed by atoms with Crippen molar-refractivity contribution in [1.29, 1.82) is 0 Å². The molecule has 160 valence electrons. The number of carbonyl (C=O) groups is 1. The lowest BCUT2D eigenvalue weighted by Crippen LogP contribution is -2.16. The van der Waals surface area contributed by atoms with Crippen molar-refractivity contribution in [2.24, 2.45) is 5.73 Å². The monoisotopic (exact) mass is 439 g/mol. The van der Waals surface area contributed by atoms with Crippen LogP contribution in [0.3, 0.4) is 0 Å².